The summed E-state index contributed by atoms with van der Waals surface area (Å²) in [4.78, 5) is 26.1. The number of hydrogen-bond donors (Lipinski definition) is 3. The molecule has 1 amide bonds. The van der Waals surface area contributed by atoms with E-state index in [4.69, 9.17) is 4.74 Å². The molecule has 6 nitrogen and oxygen atoms in total. The molecule has 63 heavy (non-hydrogen) atoms. The van der Waals surface area contributed by atoms with Crippen LogP contribution in [-0.2, 0) is 14.3 Å². The van der Waals surface area contributed by atoms with Gasteiger partial charge in [0.05, 0.1) is 25.2 Å². The van der Waals surface area contributed by atoms with Crippen LogP contribution in [0.3, 0.4) is 0 Å². The van der Waals surface area contributed by atoms with Gasteiger partial charge in [-0.25, -0.2) is 0 Å². The van der Waals surface area contributed by atoms with E-state index in [1.54, 1.807) is 0 Å². The maximum Gasteiger partial charge on any atom is 0.306 e. The summed E-state index contributed by atoms with van der Waals surface area (Å²) in [5.41, 5.74) is 0. The zero-order valence-electron chi connectivity index (χ0n) is 41.2. The molecule has 0 spiro atoms. The van der Waals surface area contributed by atoms with Gasteiger partial charge in [0.2, 0.25) is 5.91 Å². The van der Waals surface area contributed by atoms with Crippen molar-refractivity contribution in [2.24, 2.45) is 0 Å². The zero-order valence-corrected chi connectivity index (χ0v) is 41.2. The van der Waals surface area contributed by atoms with Gasteiger partial charge in [0.1, 0.15) is 6.10 Å². The fraction of sp³-hybridized carbons (Fsp3) is 0.719. The average molecular weight is 878 g/mol. The first-order valence-electron chi connectivity index (χ1n) is 26.3. The molecule has 3 atom stereocenters. The van der Waals surface area contributed by atoms with Crippen molar-refractivity contribution in [2.45, 2.75) is 257 Å². The van der Waals surface area contributed by atoms with Crippen molar-refractivity contribution in [1.82, 2.24) is 5.32 Å². The van der Waals surface area contributed by atoms with Gasteiger partial charge >= 0.3 is 5.97 Å². The summed E-state index contributed by atoms with van der Waals surface area (Å²) in [5, 5.41) is 23.7. The van der Waals surface area contributed by atoms with E-state index in [-0.39, 0.29) is 31.3 Å². The number of hydrogen-bond acceptors (Lipinski definition) is 5. The minimum atomic E-state index is -0.810. The Morgan fingerprint density at radius 3 is 1.38 bits per heavy atom. The van der Waals surface area contributed by atoms with Crippen molar-refractivity contribution < 1.29 is 24.5 Å². The number of ether oxygens (including phenoxy) is 1. The number of aliphatic hydroxyl groups excluding tert-OH is 2. The van der Waals surface area contributed by atoms with Crippen LogP contribution in [0.4, 0.5) is 0 Å². The molecule has 0 saturated carbocycles. The molecule has 3 unspecified atom stereocenters. The lowest BCUT2D eigenvalue weighted by atomic mass is 10.0. The van der Waals surface area contributed by atoms with Crippen molar-refractivity contribution in [3.8, 4) is 0 Å². The molecule has 0 heterocycles. The van der Waals surface area contributed by atoms with Crippen LogP contribution in [0.1, 0.15) is 239 Å². The molecular formula is C57H99NO5. The number of carbonyl (C=O) groups is 2. The van der Waals surface area contributed by atoms with Crippen LogP contribution in [0.25, 0.3) is 0 Å². The largest absolute Gasteiger partial charge is 0.462 e. The minimum Gasteiger partial charge on any atom is -0.462 e. The Bertz CT molecular complexity index is 1210. The minimum absolute atomic E-state index is 0.0265. The number of amides is 1. The first-order chi connectivity index (χ1) is 31.0. The number of allylic oxidation sites excluding steroid dienone is 14. The molecular weight excluding hydrogens is 779 g/mol. The van der Waals surface area contributed by atoms with E-state index in [9.17, 15) is 19.8 Å². The number of esters is 1. The second-order valence-corrected chi connectivity index (χ2v) is 17.6. The van der Waals surface area contributed by atoms with Crippen molar-refractivity contribution in [1.29, 1.82) is 0 Å². The predicted molar refractivity (Wildman–Crippen MR) is 273 cm³/mol. The van der Waals surface area contributed by atoms with Crippen LogP contribution in [-0.4, -0.2) is 46.9 Å². The second-order valence-electron chi connectivity index (χ2n) is 17.6. The lowest BCUT2D eigenvalue weighted by molar-refractivity contribution is -0.150. The van der Waals surface area contributed by atoms with E-state index in [0.29, 0.717) is 19.3 Å². The van der Waals surface area contributed by atoms with E-state index in [0.717, 1.165) is 83.5 Å². The number of carbonyl (C=O) groups excluding carboxylic acids is 2. The highest BCUT2D eigenvalue weighted by molar-refractivity contribution is 5.77. The Hall–Kier alpha value is -2.96. The van der Waals surface area contributed by atoms with Gasteiger partial charge in [-0.2, -0.15) is 0 Å². The van der Waals surface area contributed by atoms with Gasteiger partial charge in [0.15, 0.2) is 0 Å². The third-order valence-electron chi connectivity index (χ3n) is 11.5. The SMILES string of the molecule is CC/C=C/C/C=C/C/C=C/C/C=C/C/C=C/CCC(=O)OC(CCCCC/C=C/C=C/CCCCCCCCC)CC(=O)NC(CO)C(O)CCCCCCCCCCCCCC. The zero-order chi connectivity index (χ0) is 45.9. The smallest absolute Gasteiger partial charge is 0.306 e. The maximum absolute atomic E-state index is 13.2. The Morgan fingerprint density at radius 1 is 0.492 bits per heavy atom. The highest BCUT2D eigenvalue weighted by atomic mass is 16.5. The lowest BCUT2D eigenvalue weighted by Crippen LogP contribution is -2.46. The van der Waals surface area contributed by atoms with Crippen LogP contribution >= 0.6 is 0 Å². The highest BCUT2D eigenvalue weighted by Crippen LogP contribution is 2.17. The van der Waals surface area contributed by atoms with Crippen LogP contribution < -0.4 is 5.32 Å². The number of rotatable bonds is 46. The van der Waals surface area contributed by atoms with Crippen LogP contribution in [0.2, 0.25) is 0 Å². The van der Waals surface area contributed by atoms with Crippen LogP contribution in [0.15, 0.2) is 85.1 Å². The summed E-state index contributed by atoms with van der Waals surface area (Å²) in [6.07, 6.45) is 65.1. The second kappa shape index (κ2) is 50.0. The highest BCUT2D eigenvalue weighted by Gasteiger charge is 2.24. The van der Waals surface area contributed by atoms with Crippen molar-refractivity contribution in [2.75, 3.05) is 6.61 Å². The van der Waals surface area contributed by atoms with Gasteiger partial charge < -0.3 is 20.3 Å². The van der Waals surface area contributed by atoms with Crippen molar-refractivity contribution in [3.63, 3.8) is 0 Å². The Labute approximate surface area is 389 Å². The first-order valence-corrected chi connectivity index (χ1v) is 26.3. The van der Waals surface area contributed by atoms with Gasteiger partial charge in [-0.1, -0.05) is 228 Å². The lowest BCUT2D eigenvalue weighted by Gasteiger charge is -2.24. The van der Waals surface area contributed by atoms with Gasteiger partial charge in [-0.05, 0) is 83.5 Å². The van der Waals surface area contributed by atoms with Gasteiger partial charge in [-0.15, -0.1) is 0 Å². The fourth-order valence-corrected chi connectivity index (χ4v) is 7.53. The summed E-state index contributed by atoms with van der Waals surface area (Å²) in [6.45, 7) is 6.34. The molecule has 0 aliphatic rings. The van der Waals surface area contributed by atoms with Gasteiger partial charge in [0.25, 0.3) is 0 Å². The maximum atomic E-state index is 13.2. The Morgan fingerprint density at radius 2 is 0.905 bits per heavy atom. The molecule has 0 aliphatic heterocycles. The van der Waals surface area contributed by atoms with E-state index in [2.05, 4.69) is 105 Å². The van der Waals surface area contributed by atoms with Crippen LogP contribution in [0.5, 0.6) is 0 Å². The summed E-state index contributed by atoms with van der Waals surface area (Å²) >= 11 is 0. The van der Waals surface area contributed by atoms with E-state index in [1.165, 1.54) is 103 Å². The van der Waals surface area contributed by atoms with Crippen molar-refractivity contribution in [3.05, 3.63) is 85.1 Å². The summed E-state index contributed by atoms with van der Waals surface area (Å²) in [7, 11) is 0. The summed E-state index contributed by atoms with van der Waals surface area (Å²) in [5.74, 6) is -0.602. The molecule has 0 rings (SSSR count). The third-order valence-corrected chi connectivity index (χ3v) is 11.5. The summed E-state index contributed by atoms with van der Waals surface area (Å²) in [6, 6.07) is -0.728. The molecule has 0 aromatic rings. The van der Waals surface area contributed by atoms with E-state index < -0.39 is 18.2 Å². The normalized spacial score (nSPS) is 13.9. The molecule has 0 aromatic carbocycles. The molecule has 0 aliphatic carbocycles. The monoisotopic (exact) mass is 878 g/mol. The van der Waals surface area contributed by atoms with E-state index in [1.807, 2.05) is 6.08 Å². The molecule has 0 saturated heterocycles. The van der Waals surface area contributed by atoms with E-state index >= 15 is 0 Å². The fourth-order valence-electron chi connectivity index (χ4n) is 7.53. The summed E-state index contributed by atoms with van der Waals surface area (Å²) < 4.78 is 5.88. The molecule has 0 radical (unpaired) electrons. The van der Waals surface area contributed by atoms with Gasteiger partial charge in [-0.3, -0.25) is 9.59 Å². The van der Waals surface area contributed by atoms with Crippen molar-refractivity contribution >= 4 is 11.9 Å². The molecule has 0 fully saturated rings. The standard InChI is InChI=1S/C57H99NO5/c1-4-7-10-13-16-19-22-25-27-29-31-33-36-39-42-45-48-53(63-57(62)50-47-44-41-38-35-32-30-28-26-23-20-17-14-11-8-5-2)51-56(61)58-54(52-59)55(60)49-46-43-40-37-34-24-21-18-15-12-9-6-3/h8,11,17,20,26-29,31-33,35,41,44,53-55,59-60H,4-7,9-10,12-16,18-19,21-25,30,34,36-40,42-43,45-52H2,1-3H3,(H,58,61)/b11-8+,20-17+,28-26+,29-27+,33-31+,35-32+,44-41+. The first kappa shape index (κ1) is 60.0. The van der Waals surface area contributed by atoms with Gasteiger partial charge in [0, 0.05) is 6.42 Å². The number of nitrogens with one attached hydrogen (secondary N) is 1. The number of unbranched alkanes of at least 4 members (excludes halogenated alkanes) is 21. The Kier molecular flexibility index (Phi) is 47.7. The number of aliphatic hydroxyl groups is 2. The molecule has 0 bridgehead atoms. The topological polar surface area (TPSA) is 95.9 Å². The average Bonchev–Trinajstić information content (AvgIpc) is 3.28. The van der Waals surface area contributed by atoms with Crippen LogP contribution in [0, 0.1) is 0 Å². The molecule has 362 valence electrons. The quantitative estimate of drug-likeness (QED) is 0.0245. The molecule has 6 heteroatoms. The molecule has 3 N–H and O–H groups in total. The Balaban J connectivity index is 4.76. The third kappa shape index (κ3) is 45.4. The predicted octanol–water partition coefficient (Wildman–Crippen LogP) is 16.0. The molecule has 0 aromatic heterocycles.